The molecule has 1 aromatic carbocycles. The van der Waals surface area contributed by atoms with Crippen LogP contribution >= 0.6 is 0 Å². The predicted octanol–water partition coefficient (Wildman–Crippen LogP) is 3.50. The summed E-state index contributed by atoms with van der Waals surface area (Å²) in [6.07, 6.45) is 6.11. The monoisotopic (exact) mass is 433 g/mol. The zero-order valence-corrected chi connectivity index (χ0v) is 18.9. The maximum absolute atomic E-state index is 13.7. The maximum atomic E-state index is 13.7. The first-order valence-corrected chi connectivity index (χ1v) is 11.8. The van der Waals surface area contributed by atoms with Crippen molar-refractivity contribution in [1.29, 1.82) is 0 Å². The average molecular weight is 434 g/mol. The molecular weight excluding hydrogens is 402 g/mol. The van der Waals surface area contributed by atoms with Gasteiger partial charge >= 0.3 is 0 Å². The number of hydrogen-bond acceptors (Lipinski definition) is 5. The van der Waals surface area contributed by atoms with Gasteiger partial charge in [-0.3, -0.25) is 4.79 Å². The molecule has 0 bridgehead atoms. The molecule has 0 unspecified atom stereocenters. The van der Waals surface area contributed by atoms with E-state index in [9.17, 15) is 4.79 Å². The molecule has 2 aliphatic rings. The quantitative estimate of drug-likeness (QED) is 0.622. The largest absolute Gasteiger partial charge is 0.381 e. The van der Waals surface area contributed by atoms with E-state index in [1.54, 1.807) is 0 Å². The molecule has 7 heteroatoms. The summed E-state index contributed by atoms with van der Waals surface area (Å²) in [5, 5.41) is 12.4. The number of aromatic nitrogens is 3. The smallest absolute Gasteiger partial charge is 0.255 e. The maximum Gasteiger partial charge on any atom is 0.255 e. The molecule has 32 heavy (non-hydrogen) atoms. The number of aryl methyl sites for hydroxylation is 2. The number of pyridine rings is 1. The number of benzene rings is 1. The summed E-state index contributed by atoms with van der Waals surface area (Å²) in [4.78, 5) is 18.6. The van der Waals surface area contributed by atoms with Gasteiger partial charge in [-0.05, 0) is 50.2 Å². The van der Waals surface area contributed by atoms with Gasteiger partial charge < -0.3 is 15.4 Å². The first-order chi connectivity index (χ1) is 15.7. The predicted molar refractivity (Wildman–Crippen MR) is 125 cm³/mol. The van der Waals surface area contributed by atoms with Crippen molar-refractivity contribution in [3.05, 3.63) is 52.8 Å². The van der Waals surface area contributed by atoms with Crippen LogP contribution in [0.25, 0.3) is 11.0 Å². The molecule has 3 aromatic rings. The third-order valence-electron chi connectivity index (χ3n) is 6.68. The van der Waals surface area contributed by atoms with Gasteiger partial charge in [-0.1, -0.05) is 31.2 Å². The van der Waals surface area contributed by atoms with Crippen molar-refractivity contribution >= 4 is 22.6 Å². The van der Waals surface area contributed by atoms with E-state index < -0.39 is 0 Å². The molecule has 0 radical (unpaired) electrons. The zero-order chi connectivity index (χ0) is 22.1. The molecule has 0 atom stereocenters. The summed E-state index contributed by atoms with van der Waals surface area (Å²) in [5.41, 5.74) is 5.84. The number of anilines is 1. The molecule has 3 heterocycles. The standard InChI is InChI=1S/C25H31N5O2/c1-3-21-22(25(31)28-19-13-16-7-5-6-8-17(16)14-19)23(27-18-9-11-32-12-10-18)20-15-26-30(4-2)24(20)29-21/h5-8,15,18-19H,3-4,9-14H2,1-2H3,(H,27,29)(H,28,31). The fraction of sp³-hybridized carbons (Fsp3) is 0.480. The molecule has 2 N–H and O–H groups in total. The minimum Gasteiger partial charge on any atom is -0.381 e. The highest BCUT2D eigenvalue weighted by atomic mass is 16.5. The number of nitrogens with one attached hydrogen (secondary N) is 2. The second-order valence-corrected chi connectivity index (χ2v) is 8.74. The molecule has 7 nitrogen and oxygen atoms in total. The zero-order valence-electron chi connectivity index (χ0n) is 18.9. The van der Waals surface area contributed by atoms with Gasteiger partial charge in [0.1, 0.15) is 0 Å². The van der Waals surface area contributed by atoms with E-state index in [0.717, 1.165) is 67.9 Å². The summed E-state index contributed by atoms with van der Waals surface area (Å²) in [6, 6.07) is 8.82. The van der Waals surface area contributed by atoms with Crippen molar-refractivity contribution in [1.82, 2.24) is 20.1 Å². The Balaban J connectivity index is 1.51. The molecule has 5 rings (SSSR count). The van der Waals surface area contributed by atoms with Crippen LogP contribution in [0.15, 0.2) is 30.5 Å². The van der Waals surface area contributed by atoms with E-state index in [0.29, 0.717) is 12.0 Å². The molecule has 1 amide bonds. The van der Waals surface area contributed by atoms with Crippen LogP contribution in [0.3, 0.4) is 0 Å². The van der Waals surface area contributed by atoms with E-state index in [-0.39, 0.29) is 18.0 Å². The van der Waals surface area contributed by atoms with Gasteiger partial charge in [-0.25, -0.2) is 9.67 Å². The highest BCUT2D eigenvalue weighted by molar-refractivity contribution is 6.08. The van der Waals surface area contributed by atoms with Crippen molar-refractivity contribution in [3.63, 3.8) is 0 Å². The fourth-order valence-corrected chi connectivity index (χ4v) is 4.98. The number of amides is 1. The van der Waals surface area contributed by atoms with Crippen molar-refractivity contribution in [2.24, 2.45) is 0 Å². The van der Waals surface area contributed by atoms with Gasteiger partial charge in [0.05, 0.1) is 28.5 Å². The number of rotatable bonds is 6. The fourth-order valence-electron chi connectivity index (χ4n) is 4.98. The highest BCUT2D eigenvalue weighted by Gasteiger charge is 2.28. The molecule has 1 aliphatic carbocycles. The minimum absolute atomic E-state index is 0.0483. The van der Waals surface area contributed by atoms with Gasteiger partial charge in [0.15, 0.2) is 5.65 Å². The van der Waals surface area contributed by atoms with E-state index >= 15 is 0 Å². The van der Waals surface area contributed by atoms with E-state index in [2.05, 4.69) is 53.8 Å². The summed E-state index contributed by atoms with van der Waals surface area (Å²) in [6.45, 7) is 6.33. The Morgan fingerprint density at radius 2 is 1.84 bits per heavy atom. The van der Waals surface area contributed by atoms with Crippen LogP contribution < -0.4 is 10.6 Å². The molecule has 168 valence electrons. The van der Waals surface area contributed by atoms with E-state index in [4.69, 9.17) is 9.72 Å². The molecule has 2 aromatic heterocycles. The molecule has 1 fully saturated rings. The Morgan fingerprint density at radius 1 is 1.12 bits per heavy atom. The highest BCUT2D eigenvalue weighted by Crippen LogP contribution is 2.32. The number of fused-ring (bicyclic) bond motifs is 2. The summed E-state index contributed by atoms with van der Waals surface area (Å²) in [7, 11) is 0. The number of hydrogen-bond donors (Lipinski definition) is 2. The second kappa shape index (κ2) is 8.90. The normalized spacial score (nSPS) is 16.9. The molecular formula is C25H31N5O2. The first-order valence-electron chi connectivity index (χ1n) is 11.8. The van der Waals surface area contributed by atoms with Crippen LogP contribution in [0, 0.1) is 0 Å². The van der Waals surface area contributed by atoms with Gasteiger partial charge in [-0.2, -0.15) is 5.10 Å². The number of carbonyl (C=O) groups excluding carboxylic acids is 1. The lowest BCUT2D eigenvalue weighted by molar-refractivity contribution is 0.0903. The van der Waals surface area contributed by atoms with Crippen molar-refractivity contribution < 1.29 is 9.53 Å². The van der Waals surface area contributed by atoms with Crippen LogP contribution in [-0.2, 0) is 30.5 Å². The number of ether oxygens (including phenoxy) is 1. The van der Waals surface area contributed by atoms with Gasteiger partial charge in [0, 0.05) is 31.8 Å². The van der Waals surface area contributed by atoms with E-state index in [1.165, 1.54) is 11.1 Å². The summed E-state index contributed by atoms with van der Waals surface area (Å²) in [5.74, 6) is -0.0483. The Hall–Kier alpha value is -2.93. The van der Waals surface area contributed by atoms with Gasteiger partial charge in [0.25, 0.3) is 5.91 Å². The van der Waals surface area contributed by atoms with Gasteiger partial charge in [0.2, 0.25) is 0 Å². The summed E-state index contributed by atoms with van der Waals surface area (Å²) < 4.78 is 7.44. The molecule has 0 spiro atoms. The third kappa shape index (κ3) is 3.86. The second-order valence-electron chi connectivity index (χ2n) is 8.74. The average Bonchev–Trinajstić information content (AvgIpc) is 3.42. The number of carbonyl (C=O) groups is 1. The van der Waals surface area contributed by atoms with Crippen molar-refractivity contribution in [3.8, 4) is 0 Å². The Bertz CT molecular complexity index is 1110. The van der Waals surface area contributed by atoms with Crippen LogP contribution in [-0.4, -0.2) is 46.0 Å². The van der Waals surface area contributed by atoms with Crippen molar-refractivity contribution in [2.45, 2.75) is 64.6 Å². The van der Waals surface area contributed by atoms with Crippen LogP contribution in [0.4, 0.5) is 5.69 Å². The Labute approximate surface area is 188 Å². The lowest BCUT2D eigenvalue weighted by atomic mass is 10.0. The first kappa shape index (κ1) is 20.9. The Kier molecular flexibility index (Phi) is 5.83. The lowest BCUT2D eigenvalue weighted by Gasteiger charge is -2.26. The molecule has 0 saturated carbocycles. The lowest BCUT2D eigenvalue weighted by Crippen LogP contribution is -2.37. The SMILES string of the molecule is CCc1nc2c(cnn2CC)c(NC2CCOCC2)c1C(=O)NC1Cc2ccccc2C1. The van der Waals surface area contributed by atoms with Crippen molar-refractivity contribution in [2.75, 3.05) is 18.5 Å². The minimum atomic E-state index is -0.0483. The van der Waals surface area contributed by atoms with Crippen LogP contribution in [0.1, 0.15) is 53.9 Å². The summed E-state index contributed by atoms with van der Waals surface area (Å²) >= 11 is 0. The van der Waals surface area contributed by atoms with Crippen LogP contribution in [0.5, 0.6) is 0 Å². The number of nitrogens with zero attached hydrogens (tertiary/aromatic N) is 3. The molecule has 1 aliphatic heterocycles. The van der Waals surface area contributed by atoms with E-state index in [1.807, 2.05) is 10.9 Å². The third-order valence-corrected chi connectivity index (χ3v) is 6.68. The van der Waals surface area contributed by atoms with Crippen LogP contribution in [0.2, 0.25) is 0 Å². The molecule has 1 saturated heterocycles. The topological polar surface area (TPSA) is 81.1 Å². The van der Waals surface area contributed by atoms with Gasteiger partial charge in [-0.15, -0.1) is 0 Å². The Morgan fingerprint density at radius 3 is 2.50 bits per heavy atom.